The predicted octanol–water partition coefficient (Wildman–Crippen LogP) is 1.75. The third-order valence-electron chi connectivity index (χ3n) is 1.60. The van der Waals surface area contributed by atoms with Crippen LogP contribution in [-0.4, -0.2) is 23.1 Å². The second kappa shape index (κ2) is 6.18. The number of aliphatic carboxylic acids is 1. The van der Waals surface area contributed by atoms with Gasteiger partial charge < -0.3 is 9.84 Å². The van der Waals surface area contributed by atoms with E-state index in [-0.39, 0.29) is 18.5 Å². The van der Waals surface area contributed by atoms with E-state index in [4.69, 9.17) is 9.84 Å². The van der Waals surface area contributed by atoms with E-state index in [9.17, 15) is 9.59 Å². The summed E-state index contributed by atoms with van der Waals surface area (Å²) >= 11 is 0. The van der Waals surface area contributed by atoms with E-state index in [1.807, 2.05) is 6.92 Å². The van der Waals surface area contributed by atoms with Crippen LogP contribution in [0.1, 0.15) is 33.6 Å². The fourth-order valence-corrected chi connectivity index (χ4v) is 1.08. The lowest BCUT2D eigenvalue weighted by Gasteiger charge is -2.08. The molecule has 0 bridgehead atoms. The number of carbonyl (C=O) groups excluding carboxylic acids is 1. The Morgan fingerprint density at radius 1 is 1.36 bits per heavy atom. The van der Waals surface area contributed by atoms with Crippen molar-refractivity contribution in [3.63, 3.8) is 0 Å². The monoisotopic (exact) mass is 200 g/mol. The zero-order valence-electron chi connectivity index (χ0n) is 8.74. The van der Waals surface area contributed by atoms with E-state index >= 15 is 0 Å². The second-order valence-corrected chi connectivity index (χ2v) is 3.22. The zero-order chi connectivity index (χ0) is 11.1. The molecule has 0 fully saturated rings. The molecule has 1 unspecified atom stereocenters. The first-order valence-corrected chi connectivity index (χ1v) is 4.48. The summed E-state index contributed by atoms with van der Waals surface area (Å²) in [6.07, 6.45) is 2.06. The molecule has 80 valence electrons. The molecule has 0 aromatic rings. The normalized spacial score (nSPS) is 13.5. The summed E-state index contributed by atoms with van der Waals surface area (Å²) in [5, 5.41) is 8.43. The summed E-state index contributed by atoms with van der Waals surface area (Å²) < 4.78 is 4.86. The molecular formula is C10H16O4. The molecule has 0 aliphatic carbocycles. The molecule has 14 heavy (non-hydrogen) atoms. The summed E-state index contributed by atoms with van der Waals surface area (Å²) in [4.78, 5) is 20.8. The summed E-state index contributed by atoms with van der Waals surface area (Å²) in [5.41, 5.74) is 0.918. The minimum Gasteiger partial charge on any atom is -0.481 e. The van der Waals surface area contributed by atoms with Gasteiger partial charge in [-0.05, 0) is 26.3 Å². The van der Waals surface area contributed by atoms with Crippen molar-refractivity contribution in [1.29, 1.82) is 0 Å². The van der Waals surface area contributed by atoms with Gasteiger partial charge in [0.15, 0.2) is 0 Å². The van der Waals surface area contributed by atoms with E-state index in [0.717, 1.165) is 5.57 Å². The first-order valence-electron chi connectivity index (χ1n) is 4.48. The third-order valence-corrected chi connectivity index (χ3v) is 1.60. The van der Waals surface area contributed by atoms with Gasteiger partial charge in [0.05, 0.1) is 0 Å². The van der Waals surface area contributed by atoms with Gasteiger partial charge in [0.2, 0.25) is 0 Å². The first kappa shape index (κ1) is 12.7. The van der Waals surface area contributed by atoms with Gasteiger partial charge >= 0.3 is 11.9 Å². The Bertz CT molecular complexity index is 243. The summed E-state index contributed by atoms with van der Waals surface area (Å²) in [7, 11) is 0. The molecule has 0 heterocycles. The molecule has 0 saturated carbocycles. The number of hydrogen-bond acceptors (Lipinski definition) is 3. The zero-order valence-corrected chi connectivity index (χ0v) is 8.74. The molecule has 0 rings (SSSR count). The molecule has 1 atom stereocenters. The molecule has 0 aliphatic rings. The highest BCUT2D eigenvalue weighted by Crippen LogP contribution is 2.07. The smallest absolute Gasteiger partial charge is 0.303 e. The highest BCUT2D eigenvalue weighted by Gasteiger charge is 2.03. The Morgan fingerprint density at radius 3 is 2.36 bits per heavy atom. The van der Waals surface area contributed by atoms with Crippen LogP contribution in [0.2, 0.25) is 0 Å². The van der Waals surface area contributed by atoms with Crippen LogP contribution in [0.25, 0.3) is 0 Å². The van der Waals surface area contributed by atoms with Crippen LogP contribution in [0.15, 0.2) is 11.6 Å². The Kier molecular flexibility index (Phi) is 5.60. The number of carboxylic acid groups (broad SMARTS) is 1. The highest BCUT2D eigenvalue weighted by atomic mass is 16.5. The first-order chi connectivity index (χ1) is 6.41. The highest BCUT2D eigenvalue weighted by molar-refractivity contribution is 5.67. The van der Waals surface area contributed by atoms with Crippen molar-refractivity contribution in [3.05, 3.63) is 11.6 Å². The lowest BCUT2D eigenvalue weighted by atomic mass is 10.1. The lowest BCUT2D eigenvalue weighted by Crippen LogP contribution is -2.09. The molecule has 0 aromatic heterocycles. The van der Waals surface area contributed by atoms with Crippen LogP contribution in [0.4, 0.5) is 0 Å². The van der Waals surface area contributed by atoms with Crippen molar-refractivity contribution >= 4 is 11.9 Å². The molecule has 0 aliphatic heterocycles. The molecule has 0 aromatic carbocycles. The largest absolute Gasteiger partial charge is 0.481 e. The molecule has 0 saturated heterocycles. The van der Waals surface area contributed by atoms with E-state index in [1.165, 1.54) is 6.92 Å². The molecular weight excluding hydrogens is 184 g/mol. The summed E-state index contributed by atoms with van der Waals surface area (Å²) in [6.45, 7) is 4.91. The Balaban J connectivity index is 3.95. The quantitative estimate of drug-likeness (QED) is 0.542. The number of esters is 1. The van der Waals surface area contributed by atoms with Crippen LogP contribution in [0.3, 0.4) is 0 Å². The number of allylic oxidation sites excluding steroid dienone is 1. The van der Waals surface area contributed by atoms with Crippen molar-refractivity contribution in [2.24, 2.45) is 0 Å². The average Bonchev–Trinajstić information content (AvgIpc) is 1.98. The fraction of sp³-hybridized carbons (Fsp3) is 0.600. The second-order valence-electron chi connectivity index (χ2n) is 3.22. The van der Waals surface area contributed by atoms with Gasteiger partial charge in [-0.1, -0.05) is 5.57 Å². The number of hydrogen-bond donors (Lipinski definition) is 1. The van der Waals surface area contributed by atoms with E-state index < -0.39 is 5.97 Å². The van der Waals surface area contributed by atoms with E-state index in [0.29, 0.717) is 6.42 Å². The van der Waals surface area contributed by atoms with Crippen molar-refractivity contribution in [3.8, 4) is 0 Å². The van der Waals surface area contributed by atoms with E-state index in [2.05, 4.69) is 0 Å². The van der Waals surface area contributed by atoms with Crippen LogP contribution < -0.4 is 0 Å². The standard InChI is InChI=1S/C10H16O4/c1-7(4-5-10(12)13)6-8(2)14-9(3)11/h6,8H,4-5H2,1-3H3,(H,12,13)/b7-6+. The lowest BCUT2D eigenvalue weighted by molar-refractivity contribution is -0.143. The van der Waals surface area contributed by atoms with Crippen LogP contribution >= 0.6 is 0 Å². The number of rotatable bonds is 5. The Hall–Kier alpha value is -1.32. The van der Waals surface area contributed by atoms with Crippen molar-refractivity contribution in [2.75, 3.05) is 0 Å². The van der Waals surface area contributed by atoms with Crippen molar-refractivity contribution < 1.29 is 19.4 Å². The van der Waals surface area contributed by atoms with Crippen LogP contribution in [-0.2, 0) is 14.3 Å². The number of ether oxygens (including phenoxy) is 1. The van der Waals surface area contributed by atoms with E-state index in [1.54, 1.807) is 13.0 Å². The number of carboxylic acids is 1. The van der Waals surface area contributed by atoms with Gasteiger partial charge in [-0.25, -0.2) is 0 Å². The third kappa shape index (κ3) is 7.34. The number of carbonyl (C=O) groups is 2. The maximum absolute atomic E-state index is 10.6. The van der Waals surface area contributed by atoms with Gasteiger partial charge in [-0.2, -0.15) is 0 Å². The fourth-order valence-electron chi connectivity index (χ4n) is 1.08. The van der Waals surface area contributed by atoms with Crippen LogP contribution in [0, 0.1) is 0 Å². The minimum atomic E-state index is -0.821. The summed E-state index contributed by atoms with van der Waals surface area (Å²) in [6, 6.07) is 0. The molecule has 4 heteroatoms. The Labute approximate surface area is 83.6 Å². The maximum Gasteiger partial charge on any atom is 0.303 e. The topological polar surface area (TPSA) is 63.6 Å². The van der Waals surface area contributed by atoms with Crippen molar-refractivity contribution in [2.45, 2.75) is 39.7 Å². The maximum atomic E-state index is 10.6. The van der Waals surface area contributed by atoms with Gasteiger partial charge in [0.1, 0.15) is 6.10 Å². The molecule has 4 nitrogen and oxygen atoms in total. The molecule has 0 amide bonds. The Morgan fingerprint density at radius 2 is 1.93 bits per heavy atom. The van der Waals surface area contributed by atoms with Gasteiger partial charge in [0.25, 0.3) is 0 Å². The molecule has 0 spiro atoms. The van der Waals surface area contributed by atoms with Gasteiger partial charge in [-0.3, -0.25) is 9.59 Å². The average molecular weight is 200 g/mol. The van der Waals surface area contributed by atoms with Crippen LogP contribution in [0.5, 0.6) is 0 Å². The van der Waals surface area contributed by atoms with Crippen molar-refractivity contribution in [1.82, 2.24) is 0 Å². The van der Waals surface area contributed by atoms with Gasteiger partial charge in [0, 0.05) is 13.3 Å². The summed E-state index contributed by atoms with van der Waals surface area (Å²) in [5.74, 6) is -1.15. The van der Waals surface area contributed by atoms with Gasteiger partial charge in [-0.15, -0.1) is 0 Å². The minimum absolute atomic E-state index is 0.106. The molecule has 0 radical (unpaired) electrons. The SMILES string of the molecule is CC(=O)OC(C)/C=C(\C)CCC(=O)O. The molecule has 1 N–H and O–H groups in total. The predicted molar refractivity (Wildman–Crippen MR) is 51.9 cm³/mol.